The fourth-order valence-corrected chi connectivity index (χ4v) is 2.87. The summed E-state index contributed by atoms with van der Waals surface area (Å²) in [6, 6.07) is 15.9. The Labute approximate surface area is 167 Å². The van der Waals surface area contributed by atoms with E-state index in [1.54, 1.807) is 24.3 Å². The molecule has 0 heterocycles. The van der Waals surface area contributed by atoms with Crippen molar-refractivity contribution in [3.05, 3.63) is 65.7 Å². The number of carbonyl (C=O) groups excluding carboxylic acids is 2. The van der Waals surface area contributed by atoms with Crippen molar-refractivity contribution >= 4 is 17.5 Å². The summed E-state index contributed by atoms with van der Waals surface area (Å²) >= 11 is 0. The third-order valence-corrected chi connectivity index (χ3v) is 4.66. The Hall–Kier alpha value is -2.70. The lowest BCUT2D eigenvalue weighted by molar-refractivity contribution is -0.117. The van der Waals surface area contributed by atoms with Crippen LogP contribution in [-0.2, 0) is 11.2 Å². The van der Waals surface area contributed by atoms with Gasteiger partial charge in [0.2, 0.25) is 5.91 Å². The average molecular weight is 383 g/mol. The van der Waals surface area contributed by atoms with Crippen LogP contribution in [0.25, 0.3) is 0 Å². The van der Waals surface area contributed by atoms with Crippen molar-refractivity contribution in [3.63, 3.8) is 0 Å². The van der Waals surface area contributed by atoms with Gasteiger partial charge in [0, 0.05) is 24.3 Å². The van der Waals surface area contributed by atoms with Gasteiger partial charge in [-0.05, 0) is 49.3 Å². The van der Waals surface area contributed by atoms with Crippen molar-refractivity contribution in [2.45, 2.75) is 26.3 Å². The van der Waals surface area contributed by atoms with E-state index in [4.69, 9.17) is 5.73 Å². The van der Waals surface area contributed by atoms with Crippen molar-refractivity contribution in [3.8, 4) is 0 Å². The molecular weight excluding hydrogens is 352 g/mol. The summed E-state index contributed by atoms with van der Waals surface area (Å²) in [6.45, 7) is 7.56. The second-order valence-corrected chi connectivity index (χ2v) is 6.65. The first-order valence-corrected chi connectivity index (χ1v) is 9.74. The standard InChI is InChI=1S/C22H30N4O2/c1-3-26(4-2)15-14-24-21(27)18-10-12-19(13-11-18)25-22(28)20(23)16-17-8-6-5-7-9-17/h5-13,20H,3-4,14-16,23H2,1-2H3,(H,24,27)(H,25,28). The number of nitrogens with zero attached hydrogens (tertiary/aromatic N) is 1. The van der Waals surface area contributed by atoms with Crippen LogP contribution in [0.4, 0.5) is 5.69 Å². The molecular formula is C22H30N4O2. The molecule has 2 rings (SSSR count). The Morgan fingerprint density at radius 1 is 1.00 bits per heavy atom. The zero-order valence-electron chi connectivity index (χ0n) is 16.7. The average Bonchev–Trinajstić information content (AvgIpc) is 2.72. The first-order chi connectivity index (χ1) is 13.5. The van der Waals surface area contributed by atoms with E-state index in [0.717, 1.165) is 25.2 Å². The van der Waals surface area contributed by atoms with Gasteiger partial charge in [-0.1, -0.05) is 44.2 Å². The highest BCUT2D eigenvalue weighted by molar-refractivity contribution is 5.97. The molecule has 0 aliphatic heterocycles. The van der Waals surface area contributed by atoms with Gasteiger partial charge in [0.15, 0.2) is 0 Å². The van der Waals surface area contributed by atoms with Crippen LogP contribution in [0.15, 0.2) is 54.6 Å². The predicted octanol–water partition coefficient (Wildman–Crippen LogP) is 2.27. The molecule has 0 saturated carbocycles. The normalized spacial score (nSPS) is 11.9. The zero-order valence-corrected chi connectivity index (χ0v) is 16.7. The van der Waals surface area contributed by atoms with Gasteiger partial charge in [0.25, 0.3) is 5.91 Å². The van der Waals surface area contributed by atoms with Gasteiger partial charge in [-0.15, -0.1) is 0 Å². The van der Waals surface area contributed by atoms with Gasteiger partial charge < -0.3 is 21.3 Å². The van der Waals surface area contributed by atoms with Gasteiger partial charge >= 0.3 is 0 Å². The largest absolute Gasteiger partial charge is 0.351 e. The summed E-state index contributed by atoms with van der Waals surface area (Å²) in [5, 5.41) is 5.71. The van der Waals surface area contributed by atoms with Crippen LogP contribution in [0.2, 0.25) is 0 Å². The number of amides is 2. The summed E-state index contributed by atoms with van der Waals surface area (Å²) in [4.78, 5) is 26.7. The van der Waals surface area contributed by atoms with Crippen molar-refractivity contribution in [2.75, 3.05) is 31.5 Å². The number of benzene rings is 2. The Balaban J connectivity index is 1.82. The predicted molar refractivity (Wildman–Crippen MR) is 113 cm³/mol. The molecule has 0 aliphatic carbocycles. The summed E-state index contributed by atoms with van der Waals surface area (Å²) in [6.07, 6.45) is 0.472. The molecule has 0 radical (unpaired) electrons. The molecule has 6 nitrogen and oxygen atoms in total. The number of hydrogen-bond acceptors (Lipinski definition) is 4. The van der Waals surface area contributed by atoms with E-state index in [9.17, 15) is 9.59 Å². The molecule has 1 unspecified atom stereocenters. The van der Waals surface area contributed by atoms with Crippen LogP contribution in [0.5, 0.6) is 0 Å². The minimum atomic E-state index is -0.634. The number of carbonyl (C=O) groups is 2. The van der Waals surface area contributed by atoms with Crippen molar-refractivity contribution in [2.24, 2.45) is 5.73 Å². The molecule has 1 atom stereocenters. The van der Waals surface area contributed by atoms with Gasteiger partial charge in [0.05, 0.1) is 6.04 Å². The van der Waals surface area contributed by atoms with E-state index in [-0.39, 0.29) is 11.8 Å². The summed E-state index contributed by atoms with van der Waals surface area (Å²) in [7, 11) is 0. The molecule has 6 heteroatoms. The quantitative estimate of drug-likeness (QED) is 0.588. The molecule has 0 fully saturated rings. The highest BCUT2D eigenvalue weighted by Crippen LogP contribution is 2.11. The number of anilines is 1. The summed E-state index contributed by atoms with van der Waals surface area (Å²) in [5.74, 6) is -0.369. The molecule has 0 aliphatic rings. The minimum absolute atomic E-state index is 0.120. The first-order valence-electron chi connectivity index (χ1n) is 9.74. The maximum Gasteiger partial charge on any atom is 0.251 e. The van der Waals surface area contributed by atoms with E-state index >= 15 is 0 Å². The van der Waals surface area contributed by atoms with Crippen LogP contribution in [0.3, 0.4) is 0 Å². The number of hydrogen-bond donors (Lipinski definition) is 3. The highest BCUT2D eigenvalue weighted by Gasteiger charge is 2.14. The molecule has 0 bridgehead atoms. The van der Waals surface area contributed by atoms with E-state index < -0.39 is 6.04 Å². The maximum absolute atomic E-state index is 12.3. The van der Waals surface area contributed by atoms with Gasteiger partial charge in [-0.25, -0.2) is 0 Å². The second-order valence-electron chi connectivity index (χ2n) is 6.65. The Kier molecular flexibility index (Phi) is 8.65. The fraction of sp³-hybridized carbons (Fsp3) is 0.364. The Morgan fingerprint density at radius 2 is 1.64 bits per heavy atom. The topological polar surface area (TPSA) is 87.5 Å². The van der Waals surface area contributed by atoms with Crippen molar-refractivity contribution in [1.29, 1.82) is 0 Å². The molecule has 4 N–H and O–H groups in total. The van der Waals surface area contributed by atoms with Crippen molar-refractivity contribution in [1.82, 2.24) is 10.2 Å². The van der Waals surface area contributed by atoms with E-state index in [0.29, 0.717) is 24.2 Å². The summed E-state index contributed by atoms with van der Waals surface area (Å²) in [5.41, 5.74) is 8.19. The fourth-order valence-electron chi connectivity index (χ4n) is 2.87. The lowest BCUT2D eigenvalue weighted by atomic mass is 10.1. The SMILES string of the molecule is CCN(CC)CCNC(=O)c1ccc(NC(=O)C(N)Cc2ccccc2)cc1. The van der Waals surface area contributed by atoms with Crippen molar-refractivity contribution < 1.29 is 9.59 Å². The van der Waals surface area contributed by atoms with Crippen LogP contribution in [-0.4, -0.2) is 48.9 Å². The van der Waals surface area contributed by atoms with E-state index in [1.807, 2.05) is 30.3 Å². The second kappa shape index (κ2) is 11.2. The van der Waals surface area contributed by atoms with E-state index in [1.165, 1.54) is 0 Å². The smallest absolute Gasteiger partial charge is 0.251 e. The Bertz CT molecular complexity index is 743. The van der Waals surface area contributed by atoms with Crippen LogP contribution in [0, 0.1) is 0 Å². The molecule has 0 spiro atoms. The van der Waals surface area contributed by atoms with E-state index in [2.05, 4.69) is 29.4 Å². The van der Waals surface area contributed by atoms with Gasteiger partial charge in [-0.2, -0.15) is 0 Å². The number of nitrogens with one attached hydrogen (secondary N) is 2. The van der Waals surface area contributed by atoms with Crippen LogP contribution < -0.4 is 16.4 Å². The Morgan fingerprint density at radius 3 is 2.25 bits per heavy atom. The van der Waals surface area contributed by atoms with Gasteiger partial charge in [0.1, 0.15) is 0 Å². The summed E-state index contributed by atoms with van der Waals surface area (Å²) < 4.78 is 0. The monoisotopic (exact) mass is 382 g/mol. The third kappa shape index (κ3) is 6.79. The maximum atomic E-state index is 12.3. The molecule has 150 valence electrons. The molecule has 2 aromatic carbocycles. The molecule has 28 heavy (non-hydrogen) atoms. The first kappa shape index (κ1) is 21.6. The zero-order chi connectivity index (χ0) is 20.4. The molecule has 2 amide bonds. The highest BCUT2D eigenvalue weighted by atomic mass is 16.2. The lowest BCUT2D eigenvalue weighted by Crippen LogP contribution is -2.37. The van der Waals surface area contributed by atoms with Crippen LogP contribution in [0.1, 0.15) is 29.8 Å². The molecule has 2 aromatic rings. The number of rotatable bonds is 10. The number of nitrogens with two attached hydrogens (primary N) is 1. The van der Waals surface area contributed by atoms with Crippen LogP contribution >= 0.6 is 0 Å². The minimum Gasteiger partial charge on any atom is -0.351 e. The van der Waals surface area contributed by atoms with Gasteiger partial charge in [-0.3, -0.25) is 9.59 Å². The third-order valence-electron chi connectivity index (χ3n) is 4.66. The molecule has 0 aromatic heterocycles. The number of likely N-dealkylation sites (N-methyl/N-ethyl adjacent to an activating group) is 1. The molecule has 0 saturated heterocycles. The lowest BCUT2D eigenvalue weighted by Gasteiger charge is -2.18.